The van der Waals surface area contributed by atoms with E-state index in [9.17, 15) is 10.2 Å². The number of nitrogens with one attached hydrogen (secondary N) is 2. The van der Waals surface area contributed by atoms with Gasteiger partial charge in [0.1, 0.15) is 0 Å². The minimum absolute atomic E-state index is 0.00793. The van der Waals surface area contributed by atoms with E-state index in [1.165, 1.54) is 4.57 Å². The van der Waals surface area contributed by atoms with Gasteiger partial charge in [0.2, 0.25) is 17.4 Å². The van der Waals surface area contributed by atoms with E-state index in [4.69, 9.17) is 11.3 Å². The normalized spacial score (nSPS) is 28.0. The first-order valence-corrected chi connectivity index (χ1v) is 8.80. The number of benzene rings is 1. The quantitative estimate of drug-likeness (QED) is 0.590. The van der Waals surface area contributed by atoms with E-state index in [0.717, 1.165) is 12.8 Å². The Kier molecular flexibility index (Phi) is 2.76. The predicted octanol–water partition coefficient (Wildman–Crippen LogP) is 3.53. The second kappa shape index (κ2) is 4.65. The maximum Gasteiger partial charge on any atom is 0.211 e. The second-order valence-corrected chi connectivity index (χ2v) is 7.62. The lowest BCUT2D eigenvalue weighted by Crippen LogP contribution is -2.22. The molecule has 7 nitrogen and oxygen atoms in total. The molecule has 7 heteroatoms. The van der Waals surface area contributed by atoms with Crippen LogP contribution in [0.25, 0.3) is 10.5 Å². The highest BCUT2D eigenvalue weighted by Gasteiger charge is 2.59. The number of aromatic hydroxyl groups is 2. The number of nitrogens with zero attached hydrogens (tertiary/aromatic N) is 2. The van der Waals surface area contributed by atoms with Crippen LogP contribution in [0.15, 0.2) is 12.1 Å². The first-order valence-electron chi connectivity index (χ1n) is 8.80. The molecular formula is C19H20N4O3. The number of rotatable bonds is 1. The zero-order valence-electron chi connectivity index (χ0n) is 14.7. The number of aromatic nitrogens is 1. The van der Waals surface area contributed by atoms with Crippen LogP contribution in [0, 0.1) is 6.57 Å². The molecule has 0 amide bonds. The van der Waals surface area contributed by atoms with Crippen molar-refractivity contribution in [2.45, 2.75) is 37.9 Å². The van der Waals surface area contributed by atoms with E-state index in [-0.39, 0.29) is 11.8 Å². The fourth-order valence-corrected chi connectivity index (χ4v) is 4.80. The average molecular weight is 352 g/mol. The summed E-state index contributed by atoms with van der Waals surface area (Å²) in [6, 6.07) is 3.47. The van der Waals surface area contributed by atoms with Crippen LogP contribution in [0.1, 0.15) is 37.8 Å². The van der Waals surface area contributed by atoms with Gasteiger partial charge in [-0.05, 0) is 32.8 Å². The summed E-state index contributed by atoms with van der Waals surface area (Å²) < 4.78 is 7.63. The second-order valence-electron chi connectivity index (χ2n) is 7.62. The zero-order valence-corrected chi connectivity index (χ0v) is 14.7. The molecule has 4 N–H and O–H groups in total. The monoisotopic (exact) mass is 352 g/mol. The highest BCUT2D eigenvalue weighted by Crippen LogP contribution is 2.64. The summed E-state index contributed by atoms with van der Waals surface area (Å²) >= 11 is 0. The van der Waals surface area contributed by atoms with Crippen molar-refractivity contribution >= 4 is 17.1 Å². The standard InChI is InChI=1S/C19H20N4O3/c1-18-6-7-19(2,26-18)13-12(18)16(24)23(17(13)25)11-5-4-10(20-3)14-15(11)22-9-8-21-14/h4-5,21-22,24-25H,6-9H2,1-2H3. The number of fused-ring (bicyclic) bond motifs is 6. The molecule has 0 saturated carbocycles. The van der Waals surface area contributed by atoms with Crippen molar-refractivity contribution in [2.75, 3.05) is 23.7 Å². The van der Waals surface area contributed by atoms with Crippen molar-refractivity contribution in [1.82, 2.24) is 4.57 Å². The summed E-state index contributed by atoms with van der Waals surface area (Å²) in [6.07, 6.45) is 1.62. The summed E-state index contributed by atoms with van der Waals surface area (Å²) in [7, 11) is 0. The van der Waals surface area contributed by atoms with Crippen molar-refractivity contribution in [3.05, 3.63) is 34.7 Å². The molecule has 26 heavy (non-hydrogen) atoms. The molecule has 1 aromatic carbocycles. The van der Waals surface area contributed by atoms with E-state index < -0.39 is 11.2 Å². The molecule has 1 fully saturated rings. The molecule has 4 heterocycles. The third kappa shape index (κ3) is 1.65. The molecule has 2 unspecified atom stereocenters. The Morgan fingerprint density at radius 2 is 1.62 bits per heavy atom. The first kappa shape index (κ1) is 15.4. The zero-order chi connectivity index (χ0) is 18.3. The smallest absolute Gasteiger partial charge is 0.211 e. The Morgan fingerprint density at radius 3 is 2.19 bits per heavy atom. The van der Waals surface area contributed by atoms with Crippen LogP contribution in [0.5, 0.6) is 11.8 Å². The van der Waals surface area contributed by atoms with Gasteiger partial charge in [-0.25, -0.2) is 9.41 Å². The molecule has 0 aliphatic carbocycles. The van der Waals surface area contributed by atoms with Crippen LogP contribution in [0.4, 0.5) is 17.1 Å². The van der Waals surface area contributed by atoms with Crippen molar-refractivity contribution in [1.29, 1.82) is 0 Å². The number of ether oxygens (including phenoxy) is 1. The van der Waals surface area contributed by atoms with Crippen LogP contribution in [-0.2, 0) is 15.9 Å². The van der Waals surface area contributed by atoms with E-state index in [1.54, 1.807) is 12.1 Å². The van der Waals surface area contributed by atoms with E-state index >= 15 is 0 Å². The molecule has 2 atom stereocenters. The summed E-state index contributed by atoms with van der Waals surface area (Å²) in [5.41, 5.74) is 2.73. The summed E-state index contributed by atoms with van der Waals surface area (Å²) in [6.45, 7) is 12.7. The summed E-state index contributed by atoms with van der Waals surface area (Å²) in [5, 5.41) is 28.6. The van der Waals surface area contributed by atoms with Crippen LogP contribution >= 0.6 is 0 Å². The van der Waals surface area contributed by atoms with Gasteiger partial charge in [-0.1, -0.05) is 6.07 Å². The third-order valence-corrected chi connectivity index (χ3v) is 5.96. The average Bonchev–Trinajstić information content (AvgIpc) is 3.18. The molecule has 3 aliphatic heterocycles. The largest absolute Gasteiger partial charge is 0.494 e. The lowest BCUT2D eigenvalue weighted by atomic mass is 9.80. The van der Waals surface area contributed by atoms with Crippen LogP contribution in [0.3, 0.4) is 0 Å². The third-order valence-electron chi connectivity index (χ3n) is 5.96. The Morgan fingerprint density at radius 1 is 1.04 bits per heavy atom. The van der Waals surface area contributed by atoms with Gasteiger partial charge in [-0.3, -0.25) is 0 Å². The van der Waals surface area contributed by atoms with Gasteiger partial charge in [-0.2, -0.15) is 0 Å². The molecule has 3 aliphatic rings. The van der Waals surface area contributed by atoms with E-state index in [2.05, 4.69) is 15.5 Å². The topological polar surface area (TPSA) is 83.0 Å². The van der Waals surface area contributed by atoms with Crippen LogP contribution < -0.4 is 10.6 Å². The Hall–Kier alpha value is -2.85. The molecular weight excluding hydrogens is 332 g/mol. The van der Waals surface area contributed by atoms with E-state index in [1.807, 2.05) is 13.8 Å². The minimum Gasteiger partial charge on any atom is -0.494 e. The lowest BCUT2D eigenvalue weighted by Gasteiger charge is -2.26. The highest BCUT2D eigenvalue weighted by molar-refractivity contribution is 5.90. The number of hydrogen-bond donors (Lipinski definition) is 4. The Labute approximate surface area is 151 Å². The molecule has 1 aromatic heterocycles. The number of anilines is 2. The van der Waals surface area contributed by atoms with Gasteiger partial charge < -0.3 is 25.6 Å². The molecule has 134 valence electrons. The fraction of sp³-hybridized carbons (Fsp3) is 0.421. The van der Waals surface area contributed by atoms with Gasteiger partial charge in [0.25, 0.3) is 0 Å². The molecule has 2 bridgehead atoms. The van der Waals surface area contributed by atoms with Crippen molar-refractivity contribution in [3.8, 4) is 17.4 Å². The van der Waals surface area contributed by atoms with Gasteiger partial charge in [0.05, 0.1) is 46.0 Å². The lowest BCUT2D eigenvalue weighted by molar-refractivity contribution is -0.0683. The van der Waals surface area contributed by atoms with E-state index in [0.29, 0.717) is 47.0 Å². The molecule has 1 saturated heterocycles. The summed E-state index contributed by atoms with van der Waals surface area (Å²) in [4.78, 5) is 3.56. The Bertz CT molecular complexity index is 966. The van der Waals surface area contributed by atoms with Gasteiger partial charge in [0, 0.05) is 13.1 Å². The first-order chi connectivity index (χ1) is 12.4. The Balaban J connectivity index is 1.80. The highest BCUT2D eigenvalue weighted by atomic mass is 16.5. The predicted molar refractivity (Wildman–Crippen MR) is 97.4 cm³/mol. The van der Waals surface area contributed by atoms with Gasteiger partial charge in [-0.15, -0.1) is 0 Å². The molecule has 2 aromatic rings. The van der Waals surface area contributed by atoms with Gasteiger partial charge >= 0.3 is 0 Å². The minimum atomic E-state index is -0.584. The number of hydrogen-bond acceptors (Lipinski definition) is 5. The fourth-order valence-electron chi connectivity index (χ4n) is 4.80. The van der Waals surface area contributed by atoms with Crippen LogP contribution in [0.2, 0.25) is 0 Å². The molecule has 0 radical (unpaired) electrons. The van der Waals surface area contributed by atoms with Crippen molar-refractivity contribution in [3.63, 3.8) is 0 Å². The molecule has 0 spiro atoms. The SMILES string of the molecule is [C-]#[N+]c1ccc(-n2c(O)c3c(c2O)C2(C)CCC3(C)O2)c2c1NCCN2. The van der Waals surface area contributed by atoms with Gasteiger partial charge in [0.15, 0.2) is 0 Å². The van der Waals surface area contributed by atoms with Crippen molar-refractivity contribution in [2.24, 2.45) is 0 Å². The van der Waals surface area contributed by atoms with Crippen molar-refractivity contribution < 1.29 is 14.9 Å². The maximum atomic E-state index is 11.0. The van der Waals surface area contributed by atoms with Crippen LogP contribution in [-0.4, -0.2) is 27.9 Å². The maximum absolute atomic E-state index is 11.0. The summed E-state index contributed by atoms with van der Waals surface area (Å²) in [5.74, 6) is 0.0159. The molecule has 5 rings (SSSR count).